The van der Waals surface area contributed by atoms with Gasteiger partial charge in [0.05, 0.1) is 0 Å². The maximum absolute atomic E-state index is 12.1. The lowest BCUT2D eigenvalue weighted by Crippen LogP contribution is -2.02. The fraction of sp³-hybridized carbons (Fsp3) is 0. The highest BCUT2D eigenvalue weighted by molar-refractivity contribution is 5.86. The standard InChI is InChI=1S/C21H15NO/c23-21-14-18(22-20-8-4-3-7-19(20)21)12-10-15-9-11-16-5-1-2-6-17(16)13-15/h1-14H,(H,22,23)/b12-10+. The van der Waals surface area contributed by atoms with E-state index in [0.29, 0.717) is 0 Å². The monoisotopic (exact) mass is 297 g/mol. The highest BCUT2D eigenvalue weighted by atomic mass is 16.1. The molecule has 0 saturated carbocycles. The molecular formula is C21H15NO. The second kappa shape index (κ2) is 5.58. The van der Waals surface area contributed by atoms with Crippen LogP contribution in [0.5, 0.6) is 0 Å². The van der Waals surface area contributed by atoms with Crippen LogP contribution >= 0.6 is 0 Å². The largest absolute Gasteiger partial charge is 0.355 e. The Kier molecular flexibility index (Phi) is 3.28. The van der Waals surface area contributed by atoms with Crippen LogP contribution in [0.4, 0.5) is 0 Å². The minimum absolute atomic E-state index is 0.0394. The first-order chi connectivity index (χ1) is 11.3. The van der Waals surface area contributed by atoms with E-state index in [4.69, 9.17) is 0 Å². The molecule has 4 aromatic rings. The molecule has 0 fully saturated rings. The molecule has 2 nitrogen and oxygen atoms in total. The summed E-state index contributed by atoms with van der Waals surface area (Å²) in [6.45, 7) is 0. The van der Waals surface area contributed by atoms with Crippen molar-refractivity contribution in [3.63, 3.8) is 0 Å². The van der Waals surface area contributed by atoms with Crippen molar-refractivity contribution in [3.8, 4) is 0 Å². The van der Waals surface area contributed by atoms with Gasteiger partial charge >= 0.3 is 0 Å². The summed E-state index contributed by atoms with van der Waals surface area (Å²) >= 11 is 0. The van der Waals surface area contributed by atoms with Gasteiger partial charge in [0.15, 0.2) is 5.43 Å². The number of pyridine rings is 1. The molecule has 0 atom stereocenters. The van der Waals surface area contributed by atoms with Crippen molar-refractivity contribution in [2.45, 2.75) is 0 Å². The van der Waals surface area contributed by atoms with Crippen LogP contribution in [0.1, 0.15) is 11.3 Å². The lowest BCUT2D eigenvalue weighted by atomic mass is 10.1. The van der Waals surface area contributed by atoms with E-state index in [1.807, 2.05) is 48.6 Å². The number of aromatic nitrogens is 1. The molecule has 0 bridgehead atoms. The van der Waals surface area contributed by atoms with Gasteiger partial charge in [-0.3, -0.25) is 4.79 Å². The van der Waals surface area contributed by atoms with Crippen LogP contribution in [0.25, 0.3) is 33.8 Å². The molecule has 1 N–H and O–H groups in total. The molecule has 0 aliphatic heterocycles. The van der Waals surface area contributed by atoms with Crippen LogP contribution in [0.15, 0.2) is 77.6 Å². The Morgan fingerprint density at radius 2 is 1.52 bits per heavy atom. The normalized spacial score (nSPS) is 11.5. The Balaban J connectivity index is 1.73. The Morgan fingerprint density at radius 3 is 2.43 bits per heavy atom. The second-order valence-electron chi connectivity index (χ2n) is 5.57. The molecular weight excluding hydrogens is 282 g/mol. The van der Waals surface area contributed by atoms with Gasteiger partial charge in [0.25, 0.3) is 0 Å². The third-order valence-corrected chi connectivity index (χ3v) is 3.99. The molecule has 110 valence electrons. The Bertz CT molecular complexity index is 1090. The van der Waals surface area contributed by atoms with E-state index in [1.165, 1.54) is 10.8 Å². The zero-order valence-corrected chi connectivity index (χ0v) is 12.5. The molecule has 0 spiro atoms. The molecule has 0 aliphatic rings. The van der Waals surface area contributed by atoms with Crippen LogP contribution in [-0.2, 0) is 0 Å². The van der Waals surface area contributed by atoms with Gasteiger partial charge in [-0.2, -0.15) is 0 Å². The number of fused-ring (bicyclic) bond motifs is 2. The van der Waals surface area contributed by atoms with Gasteiger partial charge in [-0.05, 0) is 40.6 Å². The van der Waals surface area contributed by atoms with Crippen LogP contribution in [-0.4, -0.2) is 4.98 Å². The smallest absolute Gasteiger partial charge is 0.189 e. The lowest BCUT2D eigenvalue weighted by Gasteiger charge is -2.01. The molecule has 1 heterocycles. The van der Waals surface area contributed by atoms with Gasteiger partial charge in [-0.1, -0.05) is 54.6 Å². The van der Waals surface area contributed by atoms with E-state index < -0.39 is 0 Å². The van der Waals surface area contributed by atoms with Crippen molar-refractivity contribution in [1.29, 1.82) is 0 Å². The van der Waals surface area contributed by atoms with Crippen LogP contribution in [0.3, 0.4) is 0 Å². The van der Waals surface area contributed by atoms with Crippen molar-refractivity contribution in [2.75, 3.05) is 0 Å². The molecule has 0 amide bonds. The van der Waals surface area contributed by atoms with E-state index in [1.54, 1.807) is 6.07 Å². The zero-order valence-electron chi connectivity index (χ0n) is 12.5. The molecule has 0 radical (unpaired) electrons. The fourth-order valence-electron chi connectivity index (χ4n) is 2.80. The summed E-state index contributed by atoms with van der Waals surface area (Å²) in [5, 5.41) is 3.15. The first-order valence-corrected chi connectivity index (χ1v) is 7.58. The first kappa shape index (κ1) is 13.5. The van der Waals surface area contributed by atoms with Gasteiger partial charge in [-0.25, -0.2) is 0 Å². The SMILES string of the molecule is O=c1cc(/C=C/c2ccc3ccccc3c2)[nH]c2ccccc12. The maximum Gasteiger partial charge on any atom is 0.189 e. The molecule has 4 rings (SSSR count). The first-order valence-electron chi connectivity index (χ1n) is 7.58. The Hall–Kier alpha value is -3.13. The van der Waals surface area contributed by atoms with E-state index >= 15 is 0 Å². The summed E-state index contributed by atoms with van der Waals surface area (Å²) in [7, 11) is 0. The predicted octanol–water partition coefficient (Wildman–Crippen LogP) is 4.85. The summed E-state index contributed by atoms with van der Waals surface area (Å²) in [5.74, 6) is 0. The average Bonchev–Trinajstić information content (AvgIpc) is 2.60. The minimum Gasteiger partial charge on any atom is -0.355 e. The van der Waals surface area contributed by atoms with E-state index in [0.717, 1.165) is 22.2 Å². The van der Waals surface area contributed by atoms with E-state index in [9.17, 15) is 4.79 Å². The highest BCUT2D eigenvalue weighted by Crippen LogP contribution is 2.17. The van der Waals surface area contributed by atoms with Gasteiger partial charge in [0.2, 0.25) is 0 Å². The summed E-state index contributed by atoms with van der Waals surface area (Å²) in [4.78, 5) is 15.4. The van der Waals surface area contributed by atoms with Crippen LogP contribution < -0.4 is 5.43 Å². The number of para-hydroxylation sites is 1. The van der Waals surface area contributed by atoms with Gasteiger partial charge < -0.3 is 4.98 Å². The lowest BCUT2D eigenvalue weighted by molar-refractivity contribution is 1.35. The molecule has 0 aliphatic carbocycles. The highest BCUT2D eigenvalue weighted by Gasteiger charge is 1.99. The zero-order chi connectivity index (χ0) is 15.6. The van der Waals surface area contributed by atoms with Crippen molar-refractivity contribution in [2.24, 2.45) is 0 Å². The number of hydrogen-bond donors (Lipinski definition) is 1. The number of aromatic amines is 1. The second-order valence-corrected chi connectivity index (χ2v) is 5.57. The van der Waals surface area contributed by atoms with Crippen LogP contribution in [0.2, 0.25) is 0 Å². The third kappa shape index (κ3) is 2.67. The average molecular weight is 297 g/mol. The summed E-state index contributed by atoms with van der Waals surface area (Å²) < 4.78 is 0. The van der Waals surface area contributed by atoms with Crippen molar-refractivity contribution in [3.05, 3.63) is 94.3 Å². The van der Waals surface area contributed by atoms with Crippen molar-refractivity contribution < 1.29 is 0 Å². The molecule has 0 saturated heterocycles. The number of benzene rings is 3. The molecule has 2 heteroatoms. The third-order valence-electron chi connectivity index (χ3n) is 3.99. The Labute approximate surface area is 133 Å². The maximum atomic E-state index is 12.1. The van der Waals surface area contributed by atoms with E-state index in [-0.39, 0.29) is 5.43 Å². The quantitative estimate of drug-likeness (QED) is 0.563. The topological polar surface area (TPSA) is 32.9 Å². The Morgan fingerprint density at radius 1 is 0.739 bits per heavy atom. The summed E-state index contributed by atoms with van der Waals surface area (Å²) in [6.07, 6.45) is 3.96. The van der Waals surface area contributed by atoms with Crippen molar-refractivity contribution >= 4 is 33.8 Å². The molecule has 3 aromatic carbocycles. The number of hydrogen-bond acceptors (Lipinski definition) is 1. The molecule has 1 aromatic heterocycles. The minimum atomic E-state index is 0.0394. The molecule has 0 unspecified atom stereocenters. The number of rotatable bonds is 2. The summed E-state index contributed by atoms with van der Waals surface area (Å²) in [6, 6.07) is 23.8. The van der Waals surface area contributed by atoms with Crippen LogP contribution in [0, 0.1) is 0 Å². The van der Waals surface area contributed by atoms with E-state index in [2.05, 4.69) is 35.3 Å². The van der Waals surface area contributed by atoms with Gasteiger partial charge in [0.1, 0.15) is 0 Å². The van der Waals surface area contributed by atoms with Gasteiger partial charge in [0, 0.05) is 22.7 Å². The predicted molar refractivity (Wildman–Crippen MR) is 97.4 cm³/mol. The van der Waals surface area contributed by atoms with Crippen molar-refractivity contribution in [1.82, 2.24) is 4.98 Å². The number of H-pyrrole nitrogens is 1. The fourth-order valence-corrected chi connectivity index (χ4v) is 2.80. The summed E-state index contributed by atoms with van der Waals surface area (Å²) in [5.41, 5.74) is 2.82. The number of nitrogens with one attached hydrogen (secondary N) is 1. The van der Waals surface area contributed by atoms with Gasteiger partial charge in [-0.15, -0.1) is 0 Å². The molecule has 23 heavy (non-hydrogen) atoms.